The van der Waals surface area contributed by atoms with Gasteiger partial charge in [-0.1, -0.05) is 48.0 Å². The van der Waals surface area contributed by atoms with Crippen molar-refractivity contribution in [2.24, 2.45) is 11.8 Å². The molecule has 2 aromatic carbocycles. The predicted octanol–water partition coefficient (Wildman–Crippen LogP) is 1.25. The number of carbonyl (C=O) groups is 3. The third-order valence-electron chi connectivity index (χ3n) is 6.31. The van der Waals surface area contributed by atoms with Crippen molar-refractivity contribution in [1.82, 2.24) is 4.90 Å². The number of nitrogens with one attached hydrogen (secondary N) is 1. The first-order chi connectivity index (χ1) is 13.4. The third-order valence-corrected chi connectivity index (χ3v) is 6.68. The highest BCUT2D eigenvalue weighted by Crippen LogP contribution is 2.49. The fourth-order valence-corrected chi connectivity index (χ4v) is 5.30. The summed E-state index contributed by atoms with van der Waals surface area (Å²) in [5.41, 5.74) is 1.11. The van der Waals surface area contributed by atoms with Crippen LogP contribution in [0.25, 0.3) is 0 Å². The van der Waals surface area contributed by atoms with Gasteiger partial charge in [-0.2, -0.15) is 0 Å². The summed E-state index contributed by atoms with van der Waals surface area (Å²) in [5, 5.41) is 5.31. The maximum absolute atomic E-state index is 13.4. The molecule has 7 heteroatoms. The zero-order valence-corrected chi connectivity index (χ0v) is 15.9. The Labute approximate surface area is 166 Å². The topological polar surface area (TPSA) is 83.1 Å². The summed E-state index contributed by atoms with van der Waals surface area (Å²) in [6, 6.07) is 14.4. The monoisotopic (exact) mass is 396 g/mol. The van der Waals surface area contributed by atoms with Gasteiger partial charge in [0.15, 0.2) is 0 Å². The molecule has 0 unspecified atom stereocenters. The number of amides is 3. The molecule has 1 spiro atoms. The van der Waals surface area contributed by atoms with Crippen molar-refractivity contribution in [3.63, 3.8) is 0 Å². The van der Waals surface area contributed by atoms with Gasteiger partial charge in [0, 0.05) is 10.6 Å². The molecule has 0 bridgehead atoms. The molecule has 4 atom stereocenters. The van der Waals surface area contributed by atoms with Crippen LogP contribution >= 0.6 is 11.6 Å². The van der Waals surface area contributed by atoms with Gasteiger partial charge in [-0.25, -0.2) is 0 Å². The minimum atomic E-state index is -1.09. The highest BCUT2D eigenvalue weighted by Gasteiger charge is 2.73. The molecule has 0 saturated carbocycles. The molecule has 0 aliphatic carbocycles. The summed E-state index contributed by atoms with van der Waals surface area (Å²) in [6.07, 6.45) is 0. The molecule has 3 heterocycles. The van der Waals surface area contributed by atoms with Crippen LogP contribution in [0.4, 0.5) is 5.69 Å². The first-order valence-corrected chi connectivity index (χ1v) is 9.68. The Bertz CT molecular complexity index is 1040. The van der Waals surface area contributed by atoms with Crippen molar-refractivity contribution in [3.8, 4) is 0 Å². The molecular weight excluding hydrogens is 378 g/mol. The van der Waals surface area contributed by atoms with Gasteiger partial charge in [0.05, 0.1) is 18.3 Å². The standard InChI is InChI=1S/C21H18ClN3O3/c1-11-16-17(21(24-11)13-7-3-5-9-15(13)23-20(21)28)19(27)25(18(16)26)10-12-6-2-4-8-14(12)22/h2-9,11,16-17,24H,10H2,1H3,(H,23,28)/p+1/t11-,16-,17-,21+/m1/s1. The Morgan fingerprint density at radius 3 is 2.57 bits per heavy atom. The molecule has 2 saturated heterocycles. The lowest BCUT2D eigenvalue weighted by Crippen LogP contribution is -2.98. The molecule has 0 aromatic heterocycles. The van der Waals surface area contributed by atoms with E-state index < -0.39 is 17.4 Å². The van der Waals surface area contributed by atoms with Crippen molar-refractivity contribution >= 4 is 35.0 Å². The second-order valence-electron chi connectivity index (χ2n) is 7.75. The largest absolute Gasteiger partial charge is 0.326 e. The van der Waals surface area contributed by atoms with Gasteiger partial charge in [0.2, 0.25) is 17.4 Å². The van der Waals surface area contributed by atoms with Gasteiger partial charge in [0.1, 0.15) is 11.8 Å². The van der Waals surface area contributed by atoms with Gasteiger partial charge in [0.25, 0.3) is 5.91 Å². The van der Waals surface area contributed by atoms with E-state index in [0.717, 1.165) is 5.56 Å². The number of fused-ring (bicyclic) bond motifs is 4. The van der Waals surface area contributed by atoms with Gasteiger partial charge < -0.3 is 10.6 Å². The third kappa shape index (κ3) is 2.10. The molecule has 5 rings (SSSR count). The molecule has 3 aliphatic heterocycles. The first kappa shape index (κ1) is 17.4. The number of quaternary nitrogens is 1. The maximum Gasteiger partial charge on any atom is 0.291 e. The van der Waals surface area contributed by atoms with Gasteiger partial charge >= 0.3 is 0 Å². The van der Waals surface area contributed by atoms with Crippen molar-refractivity contribution in [3.05, 3.63) is 64.7 Å². The lowest BCUT2D eigenvalue weighted by molar-refractivity contribution is -0.730. The van der Waals surface area contributed by atoms with E-state index in [0.29, 0.717) is 16.3 Å². The minimum Gasteiger partial charge on any atom is -0.326 e. The van der Waals surface area contributed by atoms with Crippen LogP contribution in [0.1, 0.15) is 18.1 Å². The van der Waals surface area contributed by atoms with E-state index in [1.54, 1.807) is 18.2 Å². The van der Waals surface area contributed by atoms with Crippen LogP contribution < -0.4 is 10.6 Å². The summed E-state index contributed by atoms with van der Waals surface area (Å²) in [6.45, 7) is 2.03. The molecule has 28 heavy (non-hydrogen) atoms. The lowest BCUT2D eigenvalue weighted by atomic mass is 9.76. The molecule has 3 amide bonds. The Morgan fingerprint density at radius 2 is 1.79 bits per heavy atom. The summed E-state index contributed by atoms with van der Waals surface area (Å²) in [5.74, 6) is -2.02. The van der Waals surface area contributed by atoms with Gasteiger partial charge in [-0.15, -0.1) is 0 Å². The van der Waals surface area contributed by atoms with E-state index in [1.807, 2.05) is 42.6 Å². The normalized spacial score (nSPS) is 30.7. The Hall–Kier alpha value is -2.70. The number of halogens is 1. The molecule has 3 N–H and O–H groups in total. The van der Waals surface area contributed by atoms with Crippen LogP contribution in [-0.4, -0.2) is 28.7 Å². The van der Waals surface area contributed by atoms with Crippen LogP contribution in [0.15, 0.2) is 48.5 Å². The van der Waals surface area contributed by atoms with Crippen molar-refractivity contribution in [2.75, 3.05) is 5.32 Å². The highest BCUT2D eigenvalue weighted by atomic mass is 35.5. The number of rotatable bonds is 2. The number of hydrogen-bond acceptors (Lipinski definition) is 3. The number of anilines is 1. The molecular formula is C21H19ClN3O3+. The SMILES string of the molecule is C[C@H]1[NH2+][C@]2(C(=O)Nc3ccccc32)[C@H]2C(=O)N(Cc3ccccc3Cl)C(=O)[C@H]12. The number of hydrogen-bond donors (Lipinski definition) is 2. The first-order valence-electron chi connectivity index (χ1n) is 9.31. The van der Waals surface area contributed by atoms with Crippen LogP contribution in [0.3, 0.4) is 0 Å². The van der Waals surface area contributed by atoms with E-state index in [2.05, 4.69) is 5.32 Å². The van der Waals surface area contributed by atoms with Gasteiger partial charge in [-0.3, -0.25) is 19.3 Å². The average Bonchev–Trinajstić information content (AvgIpc) is 3.23. The number of nitrogens with zero attached hydrogens (tertiary/aromatic N) is 1. The molecule has 142 valence electrons. The second-order valence-corrected chi connectivity index (χ2v) is 8.16. The zero-order valence-electron chi connectivity index (χ0n) is 15.2. The Morgan fingerprint density at radius 1 is 1.07 bits per heavy atom. The summed E-state index contributed by atoms with van der Waals surface area (Å²) >= 11 is 6.24. The predicted molar refractivity (Wildman–Crippen MR) is 102 cm³/mol. The van der Waals surface area contributed by atoms with Gasteiger partial charge in [-0.05, 0) is 24.6 Å². The van der Waals surface area contributed by atoms with E-state index in [-0.39, 0.29) is 30.3 Å². The quantitative estimate of drug-likeness (QED) is 0.749. The van der Waals surface area contributed by atoms with E-state index in [9.17, 15) is 14.4 Å². The fourth-order valence-electron chi connectivity index (χ4n) is 5.11. The lowest BCUT2D eigenvalue weighted by Gasteiger charge is -2.26. The van der Waals surface area contributed by atoms with E-state index in [4.69, 9.17) is 11.6 Å². The van der Waals surface area contributed by atoms with Crippen molar-refractivity contribution < 1.29 is 19.7 Å². The minimum absolute atomic E-state index is 0.121. The van der Waals surface area contributed by atoms with Crippen LogP contribution in [0.5, 0.6) is 0 Å². The zero-order chi connectivity index (χ0) is 19.6. The molecule has 2 fully saturated rings. The Balaban J connectivity index is 1.58. The number of nitrogens with two attached hydrogens (primary N) is 1. The van der Waals surface area contributed by atoms with Crippen molar-refractivity contribution in [1.29, 1.82) is 0 Å². The smallest absolute Gasteiger partial charge is 0.291 e. The summed E-state index contributed by atoms with van der Waals surface area (Å²) in [4.78, 5) is 41.0. The Kier molecular flexibility index (Phi) is 3.66. The molecule has 6 nitrogen and oxygen atoms in total. The van der Waals surface area contributed by atoms with Crippen LogP contribution in [0.2, 0.25) is 5.02 Å². The van der Waals surface area contributed by atoms with E-state index >= 15 is 0 Å². The maximum atomic E-state index is 13.4. The number of carbonyl (C=O) groups excluding carboxylic acids is 3. The number of imide groups is 1. The highest BCUT2D eigenvalue weighted by molar-refractivity contribution is 6.31. The number of benzene rings is 2. The molecule has 0 radical (unpaired) electrons. The van der Waals surface area contributed by atoms with Crippen LogP contribution in [-0.2, 0) is 26.5 Å². The molecule has 3 aliphatic rings. The summed E-state index contributed by atoms with van der Waals surface area (Å²) in [7, 11) is 0. The number of para-hydroxylation sites is 1. The van der Waals surface area contributed by atoms with Crippen LogP contribution in [0, 0.1) is 11.8 Å². The number of likely N-dealkylation sites (tertiary alicyclic amines) is 1. The van der Waals surface area contributed by atoms with E-state index in [1.165, 1.54) is 4.90 Å². The van der Waals surface area contributed by atoms with Crippen molar-refractivity contribution in [2.45, 2.75) is 25.0 Å². The second kappa shape index (κ2) is 5.90. The molecule has 2 aromatic rings. The average molecular weight is 397 g/mol. The summed E-state index contributed by atoms with van der Waals surface area (Å²) < 4.78 is 0. The fraction of sp³-hybridized carbons (Fsp3) is 0.286.